The van der Waals surface area contributed by atoms with Gasteiger partial charge in [-0.2, -0.15) is 5.10 Å². The Morgan fingerprint density at radius 3 is 2.25 bits per heavy atom. The highest BCUT2D eigenvalue weighted by Gasteiger charge is 2.50. The molecule has 4 bridgehead atoms. The SMILES string of the molecule is CCc1nc(C(N)C2C3CC4CC(C3)CC2C4)n(C)n1. The first-order chi connectivity index (χ1) is 9.65. The van der Waals surface area contributed by atoms with Gasteiger partial charge in [0.1, 0.15) is 5.82 Å². The minimum atomic E-state index is 0.0859. The summed E-state index contributed by atoms with van der Waals surface area (Å²) in [6, 6.07) is 0.0859. The van der Waals surface area contributed by atoms with E-state index in [0.29, 0.717) is 5.92 Å². The monoisotopic (exact) mass is 274 g/mol. The lowest BCUT2D eigenvalue weighted by molar-refractivity contribution is -0.0486. The minimum Gasteiger partial charge on any atom is -0.321 e. The van der Waals surface area contributed by atoms with Crippen LogP contribution in [-0.4, -0.2) is 14.8 Å². The average Bonchev–Trinajstić information content (AvgIpc) is 2.78. The molecule has 4 aliphatic carbocycles. The van der Waals surface area contributed by atoms with E-state index in [2.05, 4.69) is 17.0 Å². The lowest BCUT2D eigenvalue weighted by atomic mass is 9.50. The van der Waals surface area contributed by atoms with E-state index in [9.17, 15) is 0 Å². The van der Waals surface area contributed by atoms with Gasteiger partial charge >= 0.3 is 0 Å². The number of hydrogen-bond acceptors (Lipinski definition) is 3. The number of rotatable bonds is 3. The molecule has 1 aromatic heterocycles. The summed E-state index contributed by atoms with van der Waals surface area (Å²) in [6.45, 7) is 2.10. The predicted octanol–water partition coefficient (Wildman–Crippen LogP) is 2.45. The first-order valence-electron chi connectivity index (χ1n) is 8.31. The van der Waals surface area contributed by atoms with Gasteiger partial charge in [-0.3, -0.25) is 4.68 Å². The molecule has 1 unspecified atom stereocenters. The molecule has 4 heteroatoms. The largest absolute Gasteiger partial charge is 0.321 e. The quantitative estimate of drug-likeness (QED) is 0.921. The molecule has 110 valence electrons. The number of hydrogen-bond donors (Lipinski definition) is 1. The molecule has 0 saturated heterocycles. The fourth-order valence-corrected chi connectivity index (χ4v) is 5.62. The third-order valence-corrected chi connectivity index (χ3v) is 6.17. The van der Waals surface area contributed by atoms with E-state index >= 15 is 0 Å². The van der Waals surface area contributed by atoms with Crippen molar-refractivity contribution in [3.05, 3.63) is 11.6 Å². The molecule has 0 radical (unpaired) electrons. The Hall–Kier alpha value is -0.900. The van der Waals surface area contributed by atoms with Crippen molar-refractivity contribution in [1.82, 2.24) is 14.8 Å². The van der Waals surface area contributed by atoms with Gasteiger partial charge in [-0.25, -0.2) is 4.98 Å². The Labute approximate surface area is 121 Å². The van der Waals surface area contributed by atoms with Crippen LogP contribution in [0.1, 0.15) is 56.7 Å². The summed E-state index contributed by atoms with van der Waals surface area (Å²) in [7, 11) is 2.00. The summed E-state index contributed by atoms with van der Waals surface area (Å²) >= 11 is 0. The fraction of sp³-hybridized carbons (Fsp3) is 0.875. The van der Waals surface area contributed by atoms with E-state index < -0.39 is 0 Å². The van der Waals surface area contributed by atoms with Gasteiger partial charge in [0.05, 0.1) is 6.04 Å². The fourth-order valence-electron chi connectivity index (χ4n) is 5.62. The van der Waals surface area contributed by atoms with Gasteiger partial charge in [-0.1, -0.05) is 6.92 Å². The Kier molecular flexibility index (Phi) is 2.92. The van der Waals surface area contributed by atoms with Crippen LogP contribution in [0.2, 0.25) is 0 Å². The Morgan fingerprint density at radius 2 is 1.75 bits per heavy atom. The first kappa shape index (κ1) is 12.8. The molecular weight excluding hydrogens is 248 g/mol. The minimum absolute atomic E-state index is 0.0859. The van der Waals surface area contributed by atoms with Crippen LogP contribution >= 0.6 is 0 Å². The third-order valence-electron chi connectivity index (χ3n) is 6.17. The number of aromatic nitrogens is 3. The number of nitrogens with zero attached hydrogens (tertiary/aromatic N) is 3. The summed E-state index contributed by atoms with van der Waals surface area (Å²) in [5.74, 6) is 6.31. The molecule has 4 nitrogen and oxygen atoms in total. The standard InChI is InChI=1S/C16H26N4/c1-3-13-18-16(20(2)19-13)15(17)14-11-5-9-4-10(7-11)8-12(14)6-9/h9-12,14-15H,3-8,17H2,1-2H3. The van der Waals surface area contributed by atoms with Gasteiger partial charge in [0, 0.05) is 13.5 Å². The lowest BCUT2D eigenvalue weighted by Crippen LogP contribution is -2.49. The molecule has 0 spiro atoms. The van der Waals surface area contributed by atoms with E-state index in [1.165, 1.54) is 32.1 Å². The zero-order valence-electron chi connectivity index (χ0n) is 12.6. The second-order valence-electron chi connectivity index (χ2n) is 7.40. The van der Waals surface area contributed by atoms with Gasteiger partial charge in [0.15, 0.2) is 5.82 Å². The maximum absolute atomic E-state index is 6.67. The summed E-state index contributed by atoms with van der Waals surface area (Å²) in [4.78, 5) is 4.69. The normalized spacial score (nSPS) is 40.2. The van der Waals surface area contributed by atoms with Crippen LogP contribution in [0.15, 0.2) is 0 Å². The van der Waals surface area contributed by atoms with Crippen LogP contribution in [-0.2, 0) is 13.5 Å². The Bertz CT molecular complexity index is 479. The van der Waals surface area contributed by atoms with E-state index in [1.807, 2.05) is 11.7 Å². The van der Waals surface area contributed by atoms with Gasteiger partial charge in [0.25, 0.3) is 0 Å². The van der Waals surface area contributed by atoms with Crippen LogP contribution in [0, 0.1) is 29.6 Å². The van der Waals surface area contributed by atoms with Crippen LogP contribution < -0.4 is 5.73 Å². The summed E-state index contributed by atoms with van der Waals surface area (Å²) in [5.41, 5.74) is 6.67. The first-order valence-corrected chi connectivity index (χ1v) is 8.31. The maximum atomic E-state index is 6.67. The molecule has 1 aromatic rings. The Balaban J connectivity index is 1.62. The van der Waals surface area contributed by atoms with E-state index in [0.717, 1.165) is 41.7 Å². The third kappa shape index (κ3) is 1.84. The zero-order valence-corrected chi connectivity index (χ0v) is 12.6. The topological polar surface area (TPSA) is 56.7 Å². The molecule has 4 saturated carbocycles. The average molecular weight is 274 g/mol. The van der Waals surface area contributed by atoms with Crippen molar-refractivity contribution < 1.29 is 0 Å². The predicted molar refractivity (Wildman–Crippen MR) is 77.8 cm³/mol. The molecule has 5 rings (SSSR count). The number of nitrogens with two attached hydrogens (primary N) is 1. The maximum Gasteiger partial charge on any atom is 0.150 e. The molecule has 0 aromatic carbocycles. The van der Waals surface area contributed by atoms with Crippen molar-refractivity contribution >= 4 is 0 Å². The highest BCUT2D eigenvalue weighted by atomic mass is 15.3. The van der Waals surface area contributed by atoms with Crippen molar-refractivity contribution in [3.63, 3.8) is 0 Å². The van der Waals surface area contributed by atoms with Gasteiger partial charge in [-0.05, 0) is 61.7 Å². The molecule has 4 fully saturated rings. The van der Waals surface area contributed by atoms with Crippen LogP contribution in [0.3, 0.4) is 0 Å². The van der Waals surface area contributed by atoms with Crippen LogP contribution in [0.5, 0.6) is 0 Å². The van der Waals surface area contributed by atoms with Crippen molar-refractivity contribution in [1.29, 1.82) is 0 Å². The molecule has 0 aliphatic heterocycles. The molecule has 0 amide bonds. The Morgan fingerprint density at radius 1 is 1.15 bits per heavy atom. The highest BCUT2D eigenvalue weighted by molar-refractivity contribution is 5.07. The van der Waals surface area contributed by atoms with Crippen molar-refractivity contribution in [2.75, 3.05) is 0 Å². The summed E-state index contributed by atoms with van der Waals surface area (Å²) in [6.07, 6.45) is 8.07. The van der Waals surface area contributed by atoms with Gasteiger partial charge < -0.3 is 5.73 Å². The molecule has 4 aliphatic rings. The van der Waals surface area contributed by atoms with Crippen LogP contribution in [0.25, 0.3) is 0 Å². The second kappa shape index (κ2) is 4.55. The molecule has 20 heavy (non-hydrogen) atoms. The lowest BCUT2D eigenvalue weighted by Gasteiger charge is -2.55. The second-order valence-corrected chi connectivity index (χ2v) is 7.40. The number of aryl methyl sites for hydroxylation is 2. The molecule has 2 N–H and O–H groups in total. The van der Waals surface area contributed by atoms with Crippen molar-refractivity contribution in [3.8, 4) is 0 Å². The van der Waals surface area contributed by atoms with Crippen molar-refractivity contribution in [2.24, 2.45) is 42.4 Å². The van der Waals surface area contributed by atoms with E-state index in [4.69, 9.17) is 5.73 Å². The van der Waals surface area contributed by atoms with E-state index in [1.54, 1.807) is 0 Å². The van der Waals surface area contributed by atoms with Crippen LogP contribution in [0.4, 0.5) is 0 Å². The van der Waals surface area contributed by atoms with Gasteiger partial charge in [-0.15, -0.1) is 0 Å². The highest BCUT2D eigenvalue weighted by Crippen LogP contribution is 2.58. The molecule has 1 heterocycles. The molecule has 1 atom stereocenters. The van der Waals surface area contributed by atoms with E-state index in [-0.39, 0.29) is 6.04 Å². The molecular formula is C16H26N4. The smallest absolute Gasteiger partial charge is 0.150 e. The summed E-state index contributed by atoms with van der Waals surface area (Å²) in [5, 5.41) is 4.49. The zero-order chi connectivity index (χ0) is 13.9. The van der Waals surface area contributed by atoms with Gasteiger partial charge in [0.2, 0.25) is 0 Å². The summed E-state index contributed by atoms with van der Waals surface area (Å²) < 4.78 is 1.93. The van der Waals surface area contributed by atoms with Crippen molar-refractivity contribution in [2.45, 2.75) is 51.5 Å².